The number of para-hydroxylation sites is 1. The van der Waals surface area contributed by atoms with Crippen molar-refractivity contribution in [2.45, 2.75) is 12.3 Å². The van der Waals surface area contributed by atoms with Crippen molar-refractivity contribution in [3.05, 3.63) is 272 Å². The number of anilines is 5. The summed E-state index contributed by atoms with van der Waals surface area (Å²) in [4.78, 5) is 4.70. The Morgan fingerprint density at radius 1 is 0.274 bits per heavy atom. The Kier molecular flexibility index (Phi) is 10.9. The lowest BCUT2D eigenvalue weighted by Gasteiger charge is -2.29. The second kappa shape index (κ2) is 17.7. The molecule has 9 aromatic carbocycles. The standard InChI is InChI=1S/C60H46N2/c1-5-13-45(14-6-1)48-21-23-49(24-22-48)52-29-39-56(40-30-52)61(55-19-11-4-12-20-55)57-41-31-53(32-42-57)54-33-43-60(44-34-54)62(58-35-25-50(26-36-58)46-15-7-2-8-16-46)59-37-27-51(28-38-59)47-17-9-3-10-18-47/h1-29,31-44,52H,30H2. The van der Waals surface area contributed by atoms with Gasteiger partial charge in [-0.1, -0.05) is 194 Å². The predicted octanol–water partition coefficient (Wildman–Crippen LogP) is 16.6. The highest BCUT2D eigenvalue weighted by molar-refractivity contribution is 5.82. The molecule has 1 atom stereocenters. The first kappa shape index (κ1) is 38.3. The van der Waals surface area contributed by atoms with Gasteiger partial charge in [0.15, 0.2) is 0 Å². The average molecular weight is 795 g/mol. The third kappa shape index (κ3) is 8.28. The van der Waals surface area contributed by atoms with E-state index in [1.807, 2.05) is 0 Å². The Labute approximate surface area is 365 Å². The summed E-state index contributed by atoms with van der Waals surface area (Å²) >= 11 is 0. The van der Waals surface area contributed by atoms with Gasteiger partial charge in [0.2, 0.25) is 0 Å². The van der Waals surface area contributed by atoms with E-state index in [-0.39, 0.29) is 0 Å². The van der Waals surface area contributed by atoms with E-state index in [1.165, 1.54) is 55.8 Å². The van der Waals surface area contributed by atoms with Crippen LogP contribution in [0, 0.1) is 0 Å². The van der Waals surface area contributed by atoms with Gasteiger partial charge < -0.3 is 9.80 Å². The number of hydrogen-bond donors (Lipinski definition) is 0. The number of rotatable bonds is 11. The highest BCUT2D eigenvalue weighted by Gasteiger charge is 2.19. The van der Waals surface area contributed by atoms with Gasteiger partial charge in [0.1, 0.15) is 0 Å². The van der Waals surface area contributed by atoms with Gasteiger partial charge in [0, 0.05) is 40.1 Å². The molecule has 1 unspecified atom stereocenters. The van der Waals surface area contributed by atoms with Crippen molar-refractivity contribution in [3.63, 3.8) is 0 Å². The molecule has 0 aromatic heterocycles. The second-order valence-electron chi connectivity index (χ2n) is 15.7. The van der Waals surface area contributed by atoms with Crippen LogP contribution in [0.1, 0.15) is 17.9 Å². The van der Waals surface area contributed by atoms with Crippen molar-refractivity contribution in [2.24, 2.45) is 0 Å². The molecule has 0 saturated carbocycles. The average Bonchev–Trinajstić information content (AvgIpc) is 3.36. The van der Waals surface area contributed by atoms with Crippen molar-refractivity contribution in [1.29, 1.82) is 0 Å². The molecule has 0 radical (unpaired) electrons. The molecule has 1 aliphatic rings. The monoisotopic (exact) mass is 794 g/mol. The van der Waals surface area contributed by atoms with Crippen molar-refractivity contribution in [1.82, 2.24) is 0 Å². The lowest BCUT2D eigenvalue weighted by molar-refractivity contribution is 0.840. The Hall–Kier alpha value is -7.94. The van der Waals surface area contributed by atoms with E-state index in [9.17, 15) is 0 Å². The fourth-order valence-corrected chi connectivity index (χ4v) is 8.52. The molecule has 9 aromatic rings. The first-order valence-electron chi connectivity index (χ1n) is 21.4. The largest absolute Gasteiger partial charge is 0.311 e. The molecule has 0 aliphatic heterocycles. The van der Waals surface area contributed by atoms with Gasteiger partial charge in [0.25, 0.3) is 0 Å². The minimum atomic E-state index is 0.338. The first-order valence-corrected chi connectivity index (χ1v) is 21.4. The Balaban J connectivity index is 0.904. The van der Waals surface area contributed by atoms with Crippen LogP contribution in [0.15, 0.2) is 267 Å². The molecule has 0 amide bonds. The molecule has 10 rings (SSSR count). The zero-order valence-corrected chi connectivity index (χ0v) is 34.5. The lowest BCUT2D eigenvalue weighted by Crippen LogP contribution is -2.17. The molecular weight excluding hydrogens is 749 g/mol. The highest BCUT2D eigenvalue weighted by atomic mass is 15.1. The molecule has 0 heterocycles. The maximum absolute atomic E-state index is 2.38. The summed E-state index contributed by atoms with van der Waals surface area (Å²) in [7, 11) is 0. The Bertz CT molecular complexity index is 2820. The van der Waals surface area contributed by atoms with Crippen LogP contribution in [0.3, 0.4) is 0 Å². The van der Waals surface area contributed by atoms with Gasteiger partial charge in [-0.15, -0.1) is 0 Å². The number of benzene rings is 9. The van der Waals surface area contributed by atoms with Crippen LogP contribution in [-0.2, 0) is 0 Å². The smallest absolute Gasteiger partial charge is 0.0462 e. The number of allylic oxidation sites excluding steroid dienone is 3. The van der Waals surface area contributed by atoms with Crippen molar-refractivity contribution in [2.75, 3.05) is 9.80 Å². The molecule has 1 aliphatic carbocycles. The number of hydrogen-bond acceptors (Lipinski definition) is 2. The molecule has 0 N–H and O–H groups in total. The zero-order chi connectivity index (χ0) is 41.5. The van der Waals surface area contributed by atoms with Crippen LogP contribution < -0.4 is 9.80 Å². The van der Waals surface area contributed by atoms with E-state index in [2.05, 4.69) is 271 Å². The maximum Gasteiger partial charge on any atom is 0.0462 e. The van der Waals surface area contributed by atoms with E-state index in [0.717, 1.165) is 34.9 Å². The molecule has 62 heavy (non-hydrogen) atoms. The van der Waals surface area contributed by atoms with Gasteiger partial charge in [-0.3, -0.25) is 0 Å². The van der Waals surface area contributed by atoms with Crippen molar-refractivity contribution in [3.8, 4) is 44.5 Å². The van der Waals surface area contributed by atoms with Crippen LogP contribution >= 0.6 is 0 Å². The van der Waals surface area contributed by atoms with E-state index in [0.29, 0.717) is 5.92 Å². The third-order valence-corrected chi connectivity index (χ3v) is 11.8. The van der Waals surface area contributed by atoms with E-state index < -0.39 is 0 Å². The van der Waals surface area contributed by atoms with Gasteiger partial charge in [0.05, 0.1) is 0 Å². The molecule has 0 saturated heterocycles. The molecule has 2 nitrogen and oxygen atoms in total. The molecule has 2 heteroatoms. The summed E-state index contributed by atoms with van der Waals surface area (Å²) in [5.74, 6) is 0.338. The van der Waals surface area contributed by atoms with E-state index >= 15 is 0 Å². The van der Waals surface area contributed by atoms with Crippen LogP contribution in [0.5, 0.6) is 0 Å². The SMILES string of the molecule is C1=CC(c2ccc(-c3ccccc3)cc2)CC=C1N(c1ccccc1)c1ccc(-c2ccc(N(c3ccc(-c4ccccc4)cc3)c3ccc(-c4ccccc4)cc3)cc2)cc1. The van der Waals surface area contributed by atoms with Crippen LogP contribution in [0.25, 0.3) is 44.5 Å². The van der Waals surface area contributed by atoms with Gasteiger partial charge in [-0.2, -0.15) is 0 Å². The van der Waals surface area contributed by atoms with Crippen LogP contribution in [0.2, 0.25) is 0 Å². The lowest BCUT2D eigenvalue weighted by atomic mass is 9.90. The highest BCUT2D eigenvalue weighted by Crippen LogP contribution is 2.40. The fourth-order valence-electron chi connectivity index (χ4n) is 8.52. The van der Waals surface area contributed by atoms with Crippen LogP contribution in [0.4, 0.5) is 28.4 Å². The summed E-state index contributed by atoms with van der Waals surface area (Å²) in [5.41, 5.74) is 17.7. The van der Waals surface area contributed by atoms with E-state index in [4.69, 9.17) is 0 Å². The van der Waals surface area contributed by atoms with Crippen molar-refractivity contribution >= 4 is 28.4 Å². The molecule has 0 spiro atoms. The summed E-state index contributed by atoms with van der Waals surface area (Å²) in [6.45, 7) is 0. The minimum Gasteiger partial charge on any atom is -0.311 e. The summed E-state index contributed by atoms with van der Waals surface area (Å²) in [6.07, 6.45) is 7.97. The molecule has 296 valence electrons. The first-order chi connectivity index (χ1) is 30.7. The van der Waals surface area contributed by atoms with E-state index in [1.54, 1.807) is 0 Å². The third-order valence-electron chi connectivity index (χ3n) is 11.8. The summed E-state index contributed by atoms with van der Waals surface area (Å²) in [6, 6.07) is 87.1. The normalized spacial score (nSPS) is 13.3. The molecule has 0 bridgehead atoms. The molecule has 0 fully saturated rings. The number of nitrogens with zero attached hydrogens (tertiary/aromatic N) is 2. The van der Waals surface area contributed by atoms with Gasteiger partial charge >= 0.3 is 0 Å². The van der Waals surface area contributed by atoms with Gasteiger partial charge in [-0.25, -0.2) is 0 Å². The minimum absolute atomic E-state index is 0.338. The topological polar surface area (TPSA) is 6.48 Å². The second-order valence-corrected chi connectivity index (χ2v) is 15.7. The maximum atomic E-state index is 2.38. The van der Waals surface area contributed by atoms with Crippen LogP contribution in [-0.4, -0.2) is 0 Å². The fraction of sp³-hybridized carbons (Fsp3) is 0.0333. The summed E-state index contributed by atoms with van der Waals surface area (Å²) in [5, 5.41) is 0. The van der Waals surface area contributed by atoms with Gasteiger partial charge in [-0.05, 0) is 123 Å². The quantitative estimate of drug-likeness (QED) is 0.129. The summed E-state index contributed by atoms with van der Waals surface area (Å²) < 4.78 is 0. The Morgan fingerprint density at radius 2 is 0.565 bits per heavy atom. The Morgan fingerprint density at radius 3 is 0.903 bits per heavy atom. The molecular formula is C60H46N2. The zero-order valence-electron chi connectivity index (χ0n) is 34.5. The van der Waals surface area contributed by atoms with Crippen molar-refractivity contribution < 1.29 is 0 Å². The predicted molar refractivity (Wildman–Crippen MR) is 262 cm³/mol.